The number of hydrogen-bond donors (Lipinski definition) is 2. The molecule has 0 saturated carbocycles. The van der Waals surface area contributed by atoms with Gasteiger partial charge in [0.05, 0.1) is 11.9 Å². The Kier molecular flexibility index (Phi) is 10.8. The minimum atomic E-state index is -0.130. The Morgan fingerprint density at radius 3 is 2.45 bits per heavy atom. The molecule has 3 rings (SSSR count). The zero-order valence-corrected chi connectivity index (χ0v) is 24.2. The minimum Gasteiger partial charge on any atom is -0.387 e. The highest BCUT2D eigenvalue weighted by Gasteiger charge is 2.22. The second kappa shape index (κ2) is 14.2. The predicted octanol–water partition coefficient (Wildman–Crippen LogP) is 4.30. The number of amidine groups is 1. The third kappa shape index (κ3) is 7.65. The summed E-state index contributed by atoms with van der Waals surface area (Å²) in [5.41, 5.74) is 12.4. The number of aryl methyl sites for hydroxylation is 1. The van der Waals surface area contributed by atoms with Crippen LogP contribution in [0, 0.1) is 6.92 Å². The summed E-state index contributed by atoms with van der Waals surface area (Å²) in [7, 11) is 1.70. The van der Waals surface area contributed by atoms with Gasteiger partial charge in [-0.3, -0.25) is 19.4 Å². The van der Waals surface area contributed by atoms with E-state index in [0.717, 1.165) is 41.4 Å². The van der Waals surface area contributed by atoms with Gasteiger partial charge in [-0.25, -0.2) is 4.99 Å². The highest BCUT2D eigenvalue weighted by atomic mass is 16.2. The van der Waals surface area contributed by atoms with Crippen molar-refractivity contribution in [2.45, 2.75) is 47.0 Å². The van der Waals surface area contributed by atoms with Gasteiger partial charge >= 0.3 is 0 Å². The molecule has 3 N–H and O–H groups in total. The number of likely N-dealkylation sites (N-methyl/N-ethyl adjacent to an activating group) is 2. The highest BCUT2D eigenvalue weighted by molar-refractivity contribution is 6.06. The van der Waals surface area contributed by atoms with Gasteiger partial charge in [-0.15, -0.1) is 0 Å². The SMILES string of the molecule is CCCN(CCC)C(=O)C1=Cc2c(C)cc(-c3ccc(C=O)c(/C=N\N(C)CC(=O)NCC)c3)cc2N=C(N)C1. The molecule has 0 unspecified atom stereocenters. The van der Waals surface area contributed by atoms with E-state index in [1.165, 1.54) is 5.01 Å². The van der Waals surface area contributed by atoms with E-state index in [9.17, 15) is 14.4 Å². The van der Waals surface area contributed by atoms with E-state index in [-0.39, 0.29) is 18.4 Å². The number of rotatable bonds is 12. The van der Waals surface area contributed by atoms with Crippen LogP contribution in [0.1, 0.15) is 67.1 Å². The lowest BCUT2D eigenvalue weighted by atomic mass is 9.94. The number of hydrogen-bond acceptors (Lipinski definition) is 7. The Morgan fingerprint density at radius 2 is 1.80 bits per heavy atom. The van der Waals surface area contributed by atoms with Gasteiger partial charge in [0.15, 0.2) is 6.29 Å². The second-order valence-electron chi connectivity index (χ2n) is 9.94. The van der Waals surface area contributed by atoms with Crippen LogP contribution in [-0.2, 0) is 9.59 Å². The number of aldehydes is 1. The number of nitrogens with one attached hydrogen (secondary N) is 1. The largest absolute Gasteiger partial charge is 0.387 e. The summed E-state index contributed by atoms with van der Waals surface area (Å²) < 4.78 is 0. The first-order chi connectivity index (χ1) is 19.2. The van der Waals surface area contributed by atoms with Crippen LogP contribution in [-0.4, -0.2) is 73.3 Å². The molecule has 2 aromatic carbocycles. The second-order valence-corrected chi connectivity index (χ2v) is 9.94. The average Bonchev–Trinajstić information content (AvgIpc) is 3.09. The van der Waals surface area contributed by atoms with Crippen molar-refractivity contribution in [2.75, 3.05) is 33.2 Å². The first-order valence-corrected chi connectivity index (χ1v) is 13.8. The molecular weight excluding hydrogens is 504 g/mol. The highest BCUT2D eigenvalue weighted by Crippen LogP contribution is 2.35. The molecule has 0 fully saturated rings. The Bertz CT molecular complexity index is 1340. The van der Waals surface area contributed by atoms with E-state index in [1.807, 2.05) is 49.1 Å². The Hall–Kier alpha value is -4.27. The molecule has 1 aliphatic heterocycles. The molecule has 2 amide bonds. The van der Waals surface area contributed by atoms with E-state index in [0.29, 0.717) is 54.3 Å². The summed E-state index contributed by atoms with van der Waals surface area (Å²) in [5.74, 6) is 0.264. The van der Waals surface area contributed by atoms with Crippen LogP contribution < -0.4 is 11.1 Å². The lowest BCUT2D eigenvalue weighted by Gasteiger charge is -2.22. The van der Waals surface area contributed by atoms with Crippen molar-refractivity contribution in [3.05, 3.63) is 58.2 Å². The smallest absolute Gasteiger partial charge is 0.250 e. The Labute approximate surface area is 236 Å². The quantitative estimate of drug-likeness (QED) is 0.234. The van der Waals surface area contributed by atoms with Gasteiger partial charge in [0.25, 0.3) is 0 Å². The number of nitrogens with zero attached hydrogens (tertiary/aromatic N) is 4. The summed E-state index contributed by atoms with van der Waals surface area (Å²) in [6.45, 7) is 10.0. The summed E-state index contributed by atoms with van der Waals surface area (Å²) in [4.78, 5) is 43.5. The fourth-order valence-electron chi connectivity index (χ4n) is 4.67. The van der Waals surface area contributed by atoms with Gasteiger partial charge in [0.2, 0.25) is 11.8 Å². The molecule has 0 saturated heterocycles. The van der Waals surface area contributed by atoms with Crippen molar-refractivity contribution in [3.8, 4) is 11.1 Å². The summed E-state index contributed by atoms with van der Waals surface area (Å²) >= 11 is 0. The number of nitrogens with two attached hydrogens (primary N) is 1. The molecule has 212 valence electrons. The van der Waals surface area contributed by atoms with Crippen molar-refractivity contribution < 1.29 is 14.4 Å². The number of hydrazone groups is 1. The molecule has 0 spiro atoms. The lowest BCUT2D eigenvalue weighted by molar-refractivity contribution is -0.127. The molecule has 0 aliphatic carbocycles. The molecule has 1 heterocycles. The van der Waals surface area contributed by atoms with Crippen molar-refractivity contribution in [3.63, 3.8) is 0 Å². The van der Waals surface area contributed by atoms with E-state index >= 15 is 0 Å². The van der Waals surface area contributed by atoms with E-state index < -0.39 is 0 Å². The van der Waals surface area contributed by atoms with Crippen molar-refractivity contribution in [2.24, 2.45) is 15.8 Å². The molecule has 0 radical (unpaired) electrons. The number of carbonyl (C=O) groups is 3. The van der Waals surface area contributed by atoms with Crippen molar-refractivity contribution in [1.82, 2.24) is 15.2 Å². The van der Waals surface area contributed by atoms with Crippen LogP contribution in [0.2, 0.25) is 0 Å². The van der Waals surface area contributed by atoms with Crippen LogP contribution in [0.15, 0.2) is 46.0 Å². The maximum absolute atomic E-state index is 13.4. The maximum atomic E-state index is 13.4. The van der Waals surface area contributed by atoms with Crippen LogP contribution in [0.3, 0.4) is 0 Å². The monoisotopic (exact) mass is 544 g/mol. The molecule has 9 nitrogen and oxygen atoms in total. The van der Waals surface area contributed by atoms with Crippen LogP contribution in [0.5, 0.6) is 0 Å². The summed E-state index contributed by atoms with van der Waals surface area (Å²) in [6.07, 6.45) is 6.37. The molecule has 0 aromatic heterocycles. The number of benzene rings is 2. The van der Waals surface area contributed by atoms with E-state index in [2.05, 4.69) is 29.3 Å². The van der Waals surface area contributed by atoms with Gasteiger partial charge in [0.1, 0.15) is 12.4 Å². The van der Waals surface area contributed by atoms with E-state index in [1.54, 1.807) is 19.3 Å². The third-order valence-corrected chi connectivity index (χ3v) is 6.56. The number of carbonyl (C=O) groups excluding carboxylic acids is 3. The van der Waals surface area contributed by atoms with Crippen molar-refractivity contribution >= 4 is 41.9 Å². The molecule has 40 heavy (non-hydrogen) atoms. The first kappa shape index (κ1) is 30.3. The zero-order chi connectivity index (χ0) is 29.2. The fraction of sp³-hybridized carbons (Fsp3) is 0.387. The first-order valence-electron chi connectivity index (χ1n) is 13.8. The minimum absolute atomic E-state index is 0.00343. The molecule has 9 heteroatoms. The van der Waals surface area contributed by atoms with E-state index in [4.69, 9.17) is 5.73 Å². The predicted molar refractivity (Wildman–Crippen MR) is 162 cm³/mol. The number of aliphatic imine (C=N–C) groups is 1. The zero-order valence-electron chi connectivity index (χ0n) is 24.2. The molecule has 1 aliphatic rings. The van der Waals surface area contributed by atoms with Crippen LogP contribution >= 0.6 is 0 Å². The third-order valence-electron chi connectivity index (χ3n) is 6.56. The average molecular weight is 545 g/mol. The maximum Gasteiger partial charge on any atom is 0.250 e. The lowest BCUT2D eigenvalue weighted by Crippen LogP contribution is -2.34. The van der Waals surface area contributed by atoms with Gasteiger partial charge in [-0.2, -0.15) is 5.10 Å². The topological polar surface area (TPSA) is 120 Å². The van der Waals surface area contributed by atoms with Crippen molar-refractivity contribution in [1.29, 1.82) is 0 Å². The van der Waals surface area contributed by atoms with Gasteiger partial charge in [-0.05, 0) is 61.6 Å². The van der Waals surface area contributed by atoms with Crippen LogP contribution in [0.4, 0.5) is 5.69 Å². The number of fused-ring (bicyclic) bond motifs is 1. The standard InChI is InChI=1S/C31H40N6O3/c1-6-11-37(12-7-2)31(40)25-15-27-21(4)13-24(16-28(27)35-29(32)17-25)22-9-10-23(20-38)26(14-22)18-34-36(5)19-30(39)33-8-3/h9-10,13-16,18,20H,6-8,11-12,17,19H2,1-5H3,(H2,32,35)(H,33,39)/b34-18-. The molecule has 2 aromatic rings. The van der Waals surface area contributed by atoms with Gasteiger partial charge in [-0.1, -0.05) is 32.0 Å². The molecule has 0 bridgehead atoms. The Morgan fingerprint density at radius 1 is 1.07 bits per heavy atom. The molecular formula is C31H40N6O3. The van der Waals surface area contributed by atoms with Crippen LogP contribution in [0.25, 0.3) is 17.2 Å². The van der Waals surface area contributed by atoms with Gasteiger partial charge in [0, 0.05) is 55.4 Å². The number of amides is 2. The summed E-state index contributed by atoms with van der Waals surface area (Å²) in [5, 5.41) is 8.60. The fourth-order valence-corrected chi connectivity index (χ4v) is 4.67. The molecule has 0 atom stereocenters. The summed E-state index contributed by atoms with van der Waals surface area (Å²) in [6, 6.07) is 9.51. The normalized spacial score (nSPS) is 12.7. The van der Waals surface area contributed by atoms with Gasteiger partial charge < -0.3 is 16.0 Å². The Balaban J connectivity index is 1.98.